The third-order valence-corrected chi connectivity index (χ3v) is 5.94. The third kappa shape index (κ3) is 8.69. The van der Waals surface area contributed by atoms with E-state index in [9.17, 15) is 0 Å². The summed E-state index contributed by atoms with van der Waals surface area (Å²) >= 11 is 0. The van der Waals surface area contributed by atoms with Crippen molar-refractivity contribution in [1.29, 1.82) is 0 Å². The maximum Gasteiger partial charge on any atom is 0.188 e. The molecule has 0 bridgehead atoms. The van der Waals surface area contributed by atoms with Crippen molar-refractivity contribution in [3.63, 3.8) is 0 Å². The lowest BCUT2D eigenvalue weighted by molar-refractivity contribution is 0.0376. The lowest BCUT2D eigenvalue weighted by Gasteiger charge is -2.35. The van der Waals surface area contributed by atoms with Crippen LogP contribution in [0.25, 0.3) is 0 Å². The molecule has 0 radical (unpaired) electrons. The number of hydrogen-bond acceptors (Lipinski definition) is 4. The van der Waals surface area contributed by atoms with Crippen molar-refractivity contribution in [1.82, 2.24) is 15.1 Å². The average molecular weight is 530 g/mol. The molecule has 0 spiro atoms. The SMILES string of the molecule is CC1CC(C)CN(Cc2ccccc2CN=C(N)NCCCN2CCOCC2)C1.I. The molecule has 6 nitrogen and oxygen atoms in total. The minimum absolute atomic E-state index is 0. The normalized spacial score (nSPS) is 23.7. The summed E-state index contributed by atoms with van der Waals surface area (Å²) in [6, 6.07) is 8.65. The summed E-state index contributed by atoms with van der Waals surface area (Å²) in [5.41, 5.74) is 8.75. The fraction of sp³-hybridized carbons (Fsp3) is 0.696. The molecule has 2 heterocycles. The molecule has 30 heavy (non-hydrogen) atoms. The van der Waals surface area contributed by atoms with Crippen molar-refractivity contribution in [2.75, 3.05) is 52.5 Å². The number of nitrogens with one attached hydrogen (secondary N) is 1. The number of likely N-dealkylation sites (tertiary alicyclic amines) is 1. The number of nitrogens with two attached hydrogens (primary N) is 1. The van der Waals surface area contributed by atoms with E-state index in [1.165, 1.54) is 30.6 Å². The second-order valence-corrected chi connectivity index (χ2v) is 8.84. The number of halogens is 1. The van der Waals surface area contributed by atoms with Gasteiger partial charge in [-0.15, -0.1) is 24.0 Å². The number of aliphatic imine (C=N–C) groups is 1. The van der Waals surface area contributed by atoms with E-state index in [2.05, 4.69) is 58.2 Å². The predicted octanol–water partition coefficient (Wildman–Crippen LogP) is 2.91. The number of benzene rings is 1. The molecular weight excluding hydrogens is 489 g/mol. The van der Waals surface area contributed by atoms with Gasteiger partial charge in [-0.3, -0.25) is 9.80 Å². The first kappa shape index (κ1) is 25.4. The Kier molecular flexibility index (Phi) is 11.4. The van der Waals surface area contributed by atoms with Crippen molar-refractivity contribution in [2.24, 2.45) is 22.6 Å². The lowest BCUT2D eigenvalue weighted by Crippen LogP contribution is -2.39. The molecule has 0 amide bonds. The molecule has 1 aromatic rings. The third-order valence-electron chi connectivity index (χ3n) is 5.94. The molecule has 2 unspecified atom stereocenters. The average Bonchev–Trinajstić information content (AvgIpc) is 2.70. The van der Waals surface area contributed by atoms with Crippen LogP contribution in [0.2, 0.25) is 0 Å². The first-order valence-corrected chi connectivity index (χ1v) is 11.2. The minimum Gasteiger partial charge on any atom is -0.379 e. The zero-order valence-corrected chi connectivity index (χ0v) is 21.0. The fourth-order valence-corrected chi connectivity index (χ4v) is 4.60. The molecule has 0 saturated carbocycles. The van der Waals surface area contributed by atoms with Crippen molar-refractivity contribution >= 4 is 29.9 Å². The highest BCUT2D eigenvalue weighted by atomic mass is 127. The zero-order valence-electron chi connectivity index (χ0n) is 18.7. The monoisotopic (exact) mass is 529 g/mol. The summed E-state index contributed by atoms with van der Waals surface area (Å²) in [6.45, 7) is 14.5. The Morgan fingerprint density at radius 3 is 2.47 bits per heavy atom. The van der Waals surface area contributed by atoms with Crippen molar-refractivity contribution in [3.8, 4) is 0 Å². The molecule has 2 saturated heterocycles. The van der Waals surface area contributed by atoms with Gasteiger partial charge in [0.15, 0.2) is 5.96 Å². The van der Waals surface area contributed by atoms with E-state index in [1.54, 1.807) is 0 Å². The summed E-state index contributed by atoms with van der Waals surface area (Å²) in [7, 11) is 0. The van der Waals surface area contributed by atoms with Gasteiger partial charge >= 0.3 is 0 Å². The lowest BCUT2D eigenvalue weighted by atomic mass is 9.91. The van der Waals surface area contributed by atoms with Crippen LogP contribution in [-0.4, -0.2) is 68.2 Å². The van der Waals surface area contributed by atoms with E-state index in [4.69, 9.17) is 10.5 Å². The number of guanidine groups is 1. The number of nitrogens with zero attached hydrogens (tertiary/aromatic N) is 3. The molecule has 2 fully saturated rings. The van der Waals surface area contributed by atoms with Gasteiger partial charge in [-0.25, -0.2) is 4.99 Å². The van der Waals surface area contributed by atoms with Gasteiger partial charge < -0.3 is 15.8 Å². The smallest absolute Gasteiger partial charge is 0.188 e. The summed E-state index contributed by atoms with van der Waals surface area (Å²) in [6.07, 6.45) is 2.41. The highest BCUT2D eigenvalue weighted by molar-refractivity contribution is 14.0. The molecule has 2 aliphatic heterocycles. The van der Waals surface area contributed by atoms with Crippen LogP contribution in [0.4, 0.5) is 0 Å². The first-order chi connectivity index (χ1) is 14.1. The van der Waals surface area contributed by atoms with Crippen LogP contribution in [0.3, 0.4) is 0 Å². The summed E-state index contributed by atoms with van der Waals surface area (Å²) in [4.78, 5) is 9.63. The molecule has 0 aromatic heterocycles. The van der Waals surface area contributed by atoms with E-state index in [1.807, 2.05) is 0 Å². The van der Waals surface area contributed by atoms with Gasteiger partial charge in [-0.1, -0.05) is 38.1 Å². The van der Waals surface area contributed by atoms with Gasteiger partial charge in [-0.2, -0.15) is 0 Å². The molecule has 170 valence electrons. The van der Waals surface area contributed by atoms with Crippen LogP contribution in [0.15, 0.2) is 29.3 Å². The van der Waals surface area contributed by atoms with E-state index < -0.39 is 0 Å². The first-order valence-electron chi connectivity index (χ1n) is 11.2. The molecule has 7 heteroatoms. The quantitative estimate of drug-likeness (QED) is 0.235. The highest BCUT2D eigenvalue weighted by Crippen LogP contribution is 2.23. The number of ether oxygens (including phenoxy) is 1. The summed E-state index contributed by atoms with van der Waals surface area (Å²) in [5, 5.41) is 3.26. The van der Waals surface area contributed by atoms with Crippen LogP contribution >= 0.6 is 24.0 Å². The number of piperidine rings is 1. The summed E-state index contributed by atoms with van der Waals surface area (Å²) in [5.74, 6) is 2.10. The van der Waals surface area contributed by atoms with Gasteiger partial charge in [0.2, 0.25) is 0 Å². The Labute approximate surface area is 199 Å². The van der Waals surface area contributed by atoms with Crippen LogP contribution < -0.4 is 11.1 Å². The van der Waals surface area contributed by atoms with E-state index in [-0.39, 0.29) is 24.0 Å². The molecule has 0 aliphatic carbocycles. The van der Waals surface area contributed by atoms with Crippen molar-refractivity contribution in [3.05, 3.63) is 35.4 Å². The highest BCUT2D eigenvalue weighted by Gasteiger charge is 2.22. The minimum atomic E-state index is 0. The molecule has 3 N–H and O–H groups in total. The topological polar surface area (TPSA) is 66.1 Å². The Morgan fingerprint density at radius 2 is 1.77 bits per heavy atom. The fourth-order valence-electron chi connectivity index (χ4n) is 4.60. The number of hydrogen-bond donors (Lipinski definition) is 2. The Bertz CT molecular complexity index is 640. The van der Waals surface area contributed by atoms with E-state index in [0.29, 0.717) is 12.5 Å². The van der Waals surface area contributed by atoms with Crippen LogP contribution in [0.1, 0.15) is 37.8 Å². The largest absolute Gasteiger partial charge is 0.379 e. The maximum absolute atomic E-state index is 6.11. The predicted molar refractivity (Wildman–Crippen MR) is 135 cm³/mol. The van der Waals surface area contributed by atoms with E-state index in [0.717, 1.165) is 64.2 Å². The Morgan fingerprint density at radius 1 is 1.10 bits per heavy atom. The molecule has 2 aliphatic rings. The van der Waals surface area contributed by atoms with Crippen molar-refractivity contribution in [2.45, 2.75) is 39.8 Å². The molecular formula is C23H40IN5O. The summed E-state index contributed by atoms with van der Waals surface area (Å²) < 4.78 is 5.39. The zero-order chi connectivity index (χ0) is 20.5. The van der Waals surface area contributed by atoms with Gasteiger partial charge in [0.25, 0.3) is 0 Å². The molecule has 3 rings (SSSR count). The van der Waals surface area contributed by atoms with Crippen LogP contribution in [0, 0.1) is 11.8 Å². The maximum atomic E-state index is 6.11. The molecule has 2 atom stereocenters. The van der Waals surface area contributed by atoms with E-state index >= 15 is 0 Å². The Hall–Kier alpha value is -0.900. The van der Waals surface area contributed by atoms with Gasteiger partial charge in [0.1, 0.15) is 0 Å². The Balaban J connectivity index is 0.00000320. The number of morpholine rings is 1. The van der Waals surface area contributed by atoms with Crippen LogP contribution in [-0.2, 0) is 17.8 Å². The van der Waals surface area contributed by atoms with Gasteiger partial charge in [-0.05, 0) is 42.3 Å². The van der Waals surface area contributed by atoms with Gasteiger partial charge in [0.05, 0.1) is 19.8 Å². The van der Waals surface area contributed by atoms with Crippen LogP contribution in [0.5, 0.6) is 0 Å². The number of rotatable bonds is 8. The van der Waals surface area contributed by atoms with Crippen molar-refractivity contribution < 1.29 is 4.74 Å². The molecule has 1 aromatic carbocycles. The van der Waals surface area contributed by atoms with Gasteiger partial charge in [0, 0.05) is 39.3 Å². The second-order valence-electron chi connectivity index (χ2n) is 8.84. The standard InChI is InChI=1S/C23H39N5O.HI/c1-19-14-20(2)17-28(16-19)18-22-7-4-3-6-21(22)15-26-23(24)25-8-5-9-27-10-12-29-13-11-27;/h3-4,6-7,19-20H,5,8-18H2,1-2H3,(H3,24,25,26);1H. The second kappa shape index (κ2) is 13.5.